The van der Waals surface area contributed by atoms with Crippen LogP contribution >= 0.6 is 11.8 Å². The van der Waals surface area contributed by atoms with E-state index in [0.29, 0.717) is 33.7 Å². The van der Waals surface area contributed by atoms with Gasteiger partial charge in [0.25, 0.3) is 11.1 Å². The Morgan fingerprint density at radius 1 is 1.06 bits per heavy atom. The molecular weight excluding hydrogens is 443 g/mol. The molecule has 0 fully saturated rings. The Labute approximate surface area is 194 Å². The van der Waals surface area contributed by atoms with E-state index < -0.39 is 6.29 Å². The molecule has 0 radical (unpaired) electrons. The van der Waals surface area contributed by atoms with Crippen molar-refractivity contribution in [3.63, 3.8) is 0 Å². The van der Waals surface area contributed by atoms with Crippen molar-refractivity contribution in [2.24, 2.45) is 0 Å². The zero-order valence-electron chi connectivity index (χ0n) is 17.9. The summed E-state index contributed by atoms with van der Waals surface area (Å²) in [5, 5.41) is 8.48. The summed E-state index contributed by atoms with van der Waals surface area (Å²) in [5.74, 6) is 1.80. The Morgan fingerprint density at radius 3 is 2.79 bits per heavy atom. The average Bonchev–Trinajstić information content (AvgIpc) is 3.29. The van der Waals surface area contributed by atoms with Gasteiger partial charge >= 0.3 is 0 Å². The van der Waals surface area contributed by atoms with Crippen LogP contribution in [-0.4, -0.2) is 10.2 Å². The molecule has 0 saturated heterocycles. The van der Waals surface area contributed by atoms with Gasteiger partial charge in [0.05, 0.1) is 6.61 Å². The molecule has 6 nitrogen and oxygen atoms in total. The molecule has 4 aromatic rings. The molecular formula is C25H21FN2O4S. The van der Waals surface area contributed by atoms with Gasteiger partial charge in [-0.15, -0.1) is 10.2 Å². The highest BCUT2D eigenvalue weighted by molar-refractivity contribution is 7.98. The van der Waals surface area contributed by atoms with Crippen LogP contribution in [0.4, 0.5) is 4.39 Å². The van der Waals surface area contributed by atoms with E-state index in [9.17, 15) is 4.39 Å². The fraction of sp³-hybridized carbons (Fsp3) is 0.200. The zero-order valence-corrected chi connectivity index (χ0v) is 18.7. The van der Waals surface area contributed by atoms with Crippen LogP contribution in [0.1, 0.15) is 34.4 Å². The van der Waals surface area contributed by atoms with Crippen LogP contribution in [0.15, 0.2) is 76.4 Å². The molecule has 1 aliphatic rings. The highest BCUT2D eigenvalue weighted by Crippen LogP contribution is 2.38. The average molecular weight is 465 g/mol. The molecule has 1 aliphatic heterocycles. The Bertz CT molecular complexity index is 1250. The number of ether oxygens (including phenoxy) is 3. The largest absolute Gasteiger partial charge is 0.484 e. The minimum absolute atomic E-state index is 0.172. The SMILES string of the molecule is Cc1cccc(OCc2nnc(SCc3cc(F)cc4c3O[C@H](c3ccccc3)OC4)o2)c1. The number of nitrogens with zero attached hydrogens (tertiary/aromatic N) is 2. The minimum atomic E-state index is -0.540. The predicted octanol–water partition coefficient (Wildman–Crippen LogP) is 6.00. The highest BCUT2D eigenvalue weighted by Gasteiger charge is 2.25. The van der Waals surface area contributed by atoms with Crippen LogP contribution in [-0.2, 0) is 23.7 Å². The normalized spacial score (nSPS) is 15.0. The summed E-state index contributed by atoms with van der Waals surface area (Å²) in [4.78, 5) is 0. The molecule has 0 N–H and O–H groups in total. The molecule has 8 heteroatoms. The first-order chi connectivity index (χ1) is 16.1. The van der Waals surface area contributed by atoms with Gasteiger partial charge in [-0.05, 0) is 36.8 Å². The van der Waals surface area contributed by atoms with Gasteiger partial charge in [0, 0.05) is 22.4 Å². The third-order valence-electron chi connectivity index (χ3n) is 5.05. The van der Waals surface area contributed by atoms with E-state index in [2.05, 4.69) is 10.2 Å². The summed E-state index contributed by atoms with van der Waals surface area (Å²) in [6, 6.07) is 20.3. The summed E-state index contributed by atoms with van der Waals surface area (Å²) >= 11 is 1.31. The van der Waals surface area contributed by atoms with E-state index >= 15 is 0 Å². The number of rotatable bonds is 7. The Balaban J connectivity index is 1.25. The summed E-state index contributed by atoms with van der Waals surface area (Å²) in [6.45, 7) is 2.44. The van der Waals surface area contributed by atoms with Crippen molar-refractivity contribution in [3.8, 4) is 11.5 Å². The summed E-state index contributed by atoms with van der Waals surface area (Å²) in [6.07, 6.45) is -0.540. The van der Waals surface area contributed by atoms with Crippen molar-refractivity contribution in [3.05, 3.63) is 101 Å². The monoisotopic (exact) mass is 464 g/mol. The maximum atomic E-state index is 14.2. The van der Waals surface area contributed by atoms with Gasteiger partial charge in [-0.3, -0.25) is 0 Å². The van der Waals surface area contributed by atoms with Gasteiger partial charge in [0.2, 0.25) is 6.29 Å². The first-order valence-corrected chi connectivity index (χ1v) is 11.4. The third kappa shape index (κ3) is 5.18. The van der Waals surface area contributed by atoms with Gasteiger partial charge < -0.3 is 18.6 Å². The van der Waals surface area contributed by atoms with Crippen LogP contribution in [0.25, 0.3) is 0 Å². The first-order valence-electron chi connectivity index (χ1n) is 10.4. The lowest BCUT2D eigenvalue weighted by molar-refractivity contribution is -0.112. The van der Waals surface area contributed by atoms with E-state index in [1.807, 2.05) is 61.5 Å². The number of aryl methyl sites for hydroxylation is 1. The summed E-state index contributed by atoms with van der Waals surface area (Å²) in [7, 11) is 0. The van der Waals surface area contributed by atoms with Crippen LogP contribution < -0.4 is 9.47 Å². The van der Waals surface area contributed by atoms with Crippen molar-refractivity contribution >= 4 is 11.8 Å². The standard InChI is InChI=1S/C25H21FN2O4S/c1-16-6-5-9-21(10-16)29-14-22-27-28-25(31-22)33-15-19-12-20(26)11-18-13-30-24(32-23(18)19)17-7-3-2-4-8-17/h2-12,24H,13-15H2,1H3/t24-/m1/s1. The number of benzene rings is 3. The second kappa shape index (κ2) is 9.64. The van der Waals surface area contributed by atoms with Gasteiger partial charge in [-0.2, -0.15) is 0 Å². The highest BCUT2D eigenvalue weighted by atomic mass is 32.2. The fourth-order valence-corrected chi connectivity index (χ4v) is 4.25. The van der Waals surface area contributed by atoms with Crippen molar-refractivity contribution in [2.75, 3.05) is 0 Å². The minimum Gasteiger partial charge on any atom is -0.484 e. The van der Waals surface area contributed by atoms with Crippen molar-refractivity contribution in [1.82, 2.24) is 10.2 Å². The number of halogens is 1. The molecule has 168 valence electrons. The van der Waals surface area contributed by atoms with Crippen LogP contribution in [0.2, 0.25) is 0 Å². The number of fused-ring (bicyclic) bond motifs is 1. The zero-order chi connectivity index (χ0) is 22.6. The molecule has 0 amide bonds. The molecule has 0 spiro atoms. The molecule has 0 saturated carbocycles. The first kappa shape index (κ1) is 21.5. The van der Waals surface area contributed by atoms with Gasteiger partial charge in [0.1, 0.15) is 17.3 Å². The maximum absolute atomic E-state index is 14.2. The lowest BCUT2D eigenvalue weighted by atomic mass is 10.1. The molecule has 5 rings (SSSR count). The smallest absolute Gasteiger partial charge is 0.277 e. The van der Waals surface area contributed by atoms with E-state index in [1.54, 1.807) is 0 Å². The lowest BCUT2D eigenvalue weighted by Gasteiger charge is -2.28. The molecule has 1 atom stereocenters. The van der Waals surface area contributed by atoms with E-state index in [-0.39, 0.29) is 19.0 Å². The Hall–Kier alpha value is -3.36. The molecule has 33 heavy (non-hydrogen) atoms. The second-order valence-electron chi connectivity index (χ2n) is 7.58. The Kier molecular flexibility index (Phi) is 6.28. The van der Waals surface area contributed by atoms with E-state index in [4.69, 9.17) is 18.6 Å². The number of thioether (sulfide) groups is 1. The number of aromatic nitrogens is 2. The third-order valence-corrected chi connectivity index (χ3v) is 5.91. The predicted molar refractivity (Wildman–Crippen MR) is 120 cm³/mol. The summed E-state index contributed by atoms with van der Waals surface area (Å²) < 4.78 is 37.5. The van der Waals surface area contributed by atoms with Crippen LogP contribution in [0, 0.1) is 12.7 Å². The number of hydrogen-bond donors (Lipinski definition) is 0. The van der Waals surface area contributed by atoms with Gasteiger partial charge in [-0.25, -0.2) is 4.39 Å². The van der Waals surface area contributed by atoms with E-state index in [1.165, 1.54) is 23.9 Å². The molecule has 2 heterocycles. The molecule has 3 aromatic carbocycles. The van der Waals surface area contributed by atoms with Crippen molar-refractivity contribution < 1.29 is 23.0 Å². The lowest BCUT2D eigenvalue weighted by Crippen LogP contribution is -2.19. The van der Waals surface area contributed by atoms with Crippen LogP contribution in [0.3, 0.4) is 0 Å². The fourth-order valence-electron chi connectivity index (χ4n) is 3.50. The van der Waals surface area contributed by atoms with Gasteiger partial charge in [-0.1, -0.05) is 54.2 Å². The quantitative estimate of drug-likeness (QED) is 0.311. The molecule has 0 bridgehead atoms. The van der Waals surface area contributed by atoms with Crippen molar-refractivity contribution in [2.45, 2.75) is 37.4 Å². The van der Waals surface area contributed by atoms with Crippen LogP contribution in [0.5, 0.6) is 11.5 Å². The second-order valence-corrected chi connectivity index (χ2v) is 8.51. The maximum Gasteiger partial charge on any atom is 0.277 e. The summed E-state index contributed by atoms with van der Waals surface area (Å²) in [5.41, 5.74) is 3.39. The number of hydrogen-bond acceptors (Lipinski definition) is 7. The van der Waals surface area contributed by atoms with Crippen molar-refractivity contribution in [1.29, 1.82) is 0 Å². The Morgan fingerprint density at radius 2 is 1.94 bits per heavy atom. The molecule has 0 aliphatic carbocycles. The van der Waals surface area contributed by atoms with E-state index in [0.717, 1.165) is 16.9 Å². The molecule has 1 aromatic heterocycles. The van der Waals surface area contributed by atoms with Gasteiger partial charge in [0.15, 0.2) is 6.61 Å². The topological polar surface area (TPSA) is 66.6 Å². The molecule has 0 unspecified atom stereocenters.